The molecule has 1 aliphatic heterocycles. The first-order valence-electron chi connectivity index (χ1n) is 7.33. The molecule has 2 aromatic rings. The first-order valence-corrected chi connectivity index (χ1v) is 7.33. The minimum Gasteiger partial charge on any atom is -0.508 e. The highest BCUT2D eigenvalue weighted by atomic mass is 16.6. The molecule has 0 aliphatic carbocycles. The Balaban J connectivity index is 2.24. The smallest absolute Gasteiger partial charge is 0.138 e. The molecular weight excluding hydrogens is 294 g/mol. The molecular formula is C16H19N5O2. The normalized spacial score (nSPS) is 20.2. The summed E-state index contributed by atoms with van der Waals surface area (Å²) in [7, 11) is 0. The quantitative estimate of drug-likeness (QED) is 0.595. The topological polar surface area (TPSA) is 110 Å². The molecule has 0 radical (unpaired) electrons. The highest BCUT2D eigenvalue weighted by molar-refractivity contribution is 6.00. The highest BCUT2D eigenvalue weighted by Crippen LogP contribution is 2.34. The van der Waals surface area contributed by atoms with Crippen molar-refractivity contribution < 1.29 is 9.94 Å². The van der Waals surface area contributed by atoms with Gasteiger partial charge >= 0.3 is 0 Å². The number of nitrogen functional groups attached to an aromatic ring is 1. The van der Waals surface area contributed by atoms with E-state index in [1.165, 1.54) is 0 Å². The molecule has 0 saturated heterocycles. The molecule has 3 rings (SSSR count). The summed E-state index contributed by atoms with van der Waals surface area (Å²) in [5, 5.41) is 26.0. The largest absolute Gasteiger partial charge is 0.508 e. The van der Waals surface area contributed by atoms with Gasteiger partial charge in [-0.1, -0.05) is 5.16 Å². The van der Waals surface area contributed by atoms with Crippen molar-refractivity contribution in [1.82, 2.24) is 9.78 Å². The molecule has 1 aromatic carbocycles. The van der Waals surface area contributed by atoms with E-state index in [-0.39, 0.29) is 23.6 Å². The predicted molar refractivity (Wildman–Crippen MR) is 87.4 cm³/mol. The number of oxime groups is 1. The van der Waals surface area contributed by atoms with Gasteiger partial charge in [-0.25, -0.2) is 4.68 Å². The van der Waals surface area contributed by atoms with Crippen LogP contribution in [0.15, 0.2) is 29.4 Å². The number of aryl methyl sites for hydroxylation is 1. The number of rotatable bonds is 3. The third-order valence-electron chi connectivity index (χ3n) is 4.04. The number of hydrogen-bond acceptors (Lipinski definition) is 5. The van der Waals surface area contributed by atoms with Crippen molar-refractivity contribution in [2.45, 2.75) is 32.8 Å². The molecule has 120 valence electrons. The molecule has 0 bridgehead atoms. The van der Waals surface area contributed by atoms with E-state index in [9.17, 15) is 5.11 Å². The Bertz CT molecular complexity index is 792. The van der Waals surface area contributed by atoms with Gasteiger partial charge in [-0.05, 0) is 45.0 Å². The zero-order valence-corrected chi connectivity index (χ0v) is 13.2. The Morgan fingerprint density at radius 2 is 1.96 bits per heavy atom. The van der Waals surface area contributed by atoms with E-state index in [0.717, 1.165) is 17.1 Å². The van der Waals surface area contributed by atoms with Crippen LogP contribution in [0.3, 0.4) is 0 Å². The van der Waals surface area contributed by atoms with Crippen LogP contribution in [0.4, 0.5) is 0 Å². The van der Waals surface area contributed by atoms with E-state index in [4.69, 9.17) is 16.0 Å². The number of aromatic nitrogens is 2. The van der Waals surface area contributed by atoms with Crippen LogP contribution >= 0.6 is 0 Å². The van der Waals surface area contributed by atoms with Crippen LogP contribution in [0.1, 0.15) is 36.7 Å². The number of phenols is 1. The predicted octanol–water partition coefficient (Wildman–Crippen LogP) is 2.05. The molecule has 0 spiro atoms. The van der Waals surface area contributed by atoms with Gasteiger partial charge in [0.2, 0.25) is 0 Å². The number of nitrogens with zero attached hydrogens (tertiary/aromatic N) is 3. The van der Waals surface area contributed by atoms with Gasteiger partial charge in [0, 0.05) is 0 Å². The number of nitrogens with two attached hydrogens (primary N) is 1. The lowest BCUT2D eigenvalue weighted by Crippen LogP contribution is -2.24. The first kappa shape index (κ1) is 15.1. The second-order valence-corrected chi connectivity index (χ2v) is 5.71. The Labute approximate surface area is 133 Å². The van der Waals surface area contributed by atoms with Crippen molar-refractivity contribution >= 4 is 11.5 Å². The van der Waals surface area contributed by atoms with Crippen LogP contribution in [0.2, 0.25) is 0 Å². The monoisotopic (exact) mass is 313 g/mol. The number of hydrogen-bond donors (Lipinski definition) is 3. The summed E-state index contributed by atoms with van der Waals surface area (Å²) in [5.74, 6) is 0.0135. The van der Waals surface area contributed by atoms with Crippen molar-refractivity contribution in [3.63, 3.8) is 0 Å². The fraction of sp³-hybridized carbons (Fsp3) is 0.312. The molecule has 7 heteroatoms. The molecule has 23 heavy (non-hydrogen) atoms. The van der Waals surface area contributed by atoms with E-state index < -0.39 is 0 Å². The maximum atomic E-state index is 9.49. The summed E-state index contributed by atoms with van der Waals surface area (Å²) in [4.78, 5) is 5.38. The molecule has 1 aromatic heterocycles. The van der Waals surface area contributed by atoms with Gasteiger partial charge in [-0.15, -0.1) is 0 Å². The summed E-state index contributed by atoms with van der Waals surface area (Å²) in [5.41, 5.74) is 9.46. The third-order valence-corrected chi connectivity index (χ3v) is 4.04. The number of benzene rings is 1. The van der Waals surface area contributed by atoms with Gasteiger partial charge in [0.15, 0.2) is 0 Å². The maximum absolute atomic E-state index is 9.49. The Kier molecular flexibility index (Phi) is 3.55. The van der Waals surface area contributed by atoms with E-state index in [1.54, 1.807) is 28.9 Å². The zero-order chi connectivity index (χ0) is 16.7. The van der Waals surface area contributed by atoms with Crippen molar-refractivity contribution in [3.05, 3.63) is 41.2 Å². The molecule has 4 N–H and O–H groups in total. The average Bonchev–Trinajstić information content (AvgIpc) is 2.99. The van der Waals surface area contributed by atoms with E-state index >= 15 is 0 Å². The van der Waals surface area contributed by atoms with Gasteiger partial charge in [0.25, 0.3) is 0 Å². The van der Waals surface area contributed by atoms with Gasteiger partial charge in [-0.2, -0.15) is 5.10 Å². The van der Waals surface area contributed by atoms with Crippen molar-refractivity contribution in [3.8, 4) is 11.4 Å². The molecule has 7 nitrogen and oxygen atoms in total. The summed E-state index contributed by atoms with van der Waals surface area (Å²) in [6.07, 6.45) is -0.167. The minimum absolute atomic E-state index is 0.0329. The van der Waals surface area contributed by atoms with Crippen LogP contribution < -0.4 is 5.73 Å². The lowest BCUT2D eigenvalue weighted by atomic mass is 9.91. The molecule has 1 aliphatic rings. The number of amidine groups is 1. The first-order chi connectivity index (χ1) is 10.9. The number of phenolic OH excluding ortho intramolecular Hbond substituents is 1. The third kappa shape index (κ3) is 2.44. The van der Waals surface area contributed by atoms with Crippen LogP contribution in [-0.4, -0.2) is 32.5 Å². The summed E-state index contributed by atoms with van der Waals surface area (Å²) in [6, 6.07) is 6.72. The summed E-state index contributed by atoms with van der Waals surface area (Å²) in [6.45, 7) is 5.64. The summed E-state index contributed by atoms with van der Waals surface area (Å²) < 4.78 is 1.75. The highest BCUT2D eigenvalue weighted by Gasteiger charge is 2.36. The second kappa shape index (κ2) is 5.42. The molecule has 2 atom stereocenters. The Hall–Kier alpha value is -2.83. The van der Waals surface area contributed by atoms with Crippen LogP contribution in [-0.2, 0) is 4.84 Å². The van der Waals surface area contributed by atoms with Crippen molar-refractivity contribution in [2.75, 3.05) is 0 Å². The SMILES string of the molecule is CC1=NOC(C)C1c1c(C(=N)N)c(C)nn1-c1ccc(O)cc1. The molecule has 0 amide bonds. The fourth-order valence-electron chi connectivity index (χ4n) is 3.00. The van der Waals surface area contributed by atoms with Gasteiger partial charge in [0.05, 0.1) is 34.3 Å². The average molecular weight is 313 g/mol. The fourth-order valence-corrected chi connectivity index (χ4v) is 3.00. The minimum atomic E-state index is -0.167. The zero-order valence-electron chi connectivity index (χ0n) is 13.2. The van der Waals surface area contributed by atoms with Crippen molar-refractivity contribution in [2.24, 2.45) is 10.9 Å². The Morgan fingerprint density at radius 3 is 2.48 bits per heavy atom. The number of nitrogens with one attached hydrogen (secondary N) is 1. The standard InChI is InChI=1S/C16H19N5O2/c1-8-14(16(17)18)15(13-9(2)20-23-10(13)3)21(19-8)11-4-6-12(22)7-5-11/h4-7,10,13,22H,1-3H3,(H3,17,18). The lowest BCUT2D eigenvalue weighted by molar-refractivity contribution is 0.0894. The maximum Gasteiger partial charge on any atom is 0.138 e. The van der Waals surface area contributed by atoms with Gasteiger partial charge < -0.3 is 15.7 Å². The molecule has 2 unspecified atom stereocenters. The van der Waals surface area contributed by atoms with E-state index in [0.29, 0.717) is 11.3 Å². The molecule has 2 heterocycles. The van der Waals surface area contributed by atoms with E-state index in [2.05, 4.69) is 10.3 Å². The van der Waals surface area contributed by atoms with Crippen LogP contribution in [0.25, 0.3) is 5.69 Å². The molecule has 0 fully saturated rings. The summed E-state index contributed by atoms with van der Waals surface area (Å²) >= 11 is 0. The van der Waals surface area contributed by atoms with Crippen LogP contribution in [0.5, 0.6) is 5.75 Å². The lowest BCUT2D eigenvalue weighted by Gasteiger charge is -2.18. The second-order valence-electron chi connectivity index (χ2n) is 5.71. The van der Waals surface area contributed by atoms with E-state index in [1.807, 2.05) is 20.8 Å². The Morgan fingerprint density at radius 1 is 1.30 bits per heavy atom. The van der Waals surface area contributed by atoms with Gasteiger partial charge in [0.1, 0.15) is 17.7 Å². The van der Waals surface area contributed by atoms with Gasteiger partial charge in [-0.3, -0.25) is 5.41 Å². The van der Waals surface area contributed by atoms with Crippen LogP contribution in [0, 0.1) is 12.3 Å². The molecule has 0 saturated carbocycles. The number of aromatic hydroxyl groups is 1. The van der Waals surface area contributed by atoms with Crippen molar-refractivity contribution in [1.29, 1.82) is 5.41 Å².